The van der Waals surface area contributed by atoms with Gasteiger partial charge in [-0.05, 0) is 24.8 Å². The minimum atomic E-state index is -3.88. The summed E-state index contributed by atoms with van der Waals surface area (Å²) in [6, 6.07) is 7.95. The molecule has 20 heavy (non-hydrogen) atoms. The fourth-order valence-corrected chi connectivity index (χ4v) is 3.26. The van der Waals surface area contributed by atoms with E-state index in [1.807, 2.05) is 24.3 Å². The summed E-state index contributed by atoms with van der Waals surface area (Å²) >= 11 is 0. The van der Waals surface area contributed by atoms with Crippen LogP contribution in [0.15, 0.2) is 29.4 Å². The third-order valence-electron chi connectivity index (χ3n) is 3.43. The molecule has 1 saturated carbocycles. The molecule has 106 valence electrons. The number of rotatable bonds is 4. The van der Waals surface area contributed by atoms with Gasteiger partial charge in [-0.15, -0.1) is 10.2 Å². The van der Waals surface area contributed by atoms with E-state index in [9.17, 15) is 8.42 Å². The van der Waals surface area contributed by atoms with Gasteiger partial charge in [0.15, 0.2) is 5.82 Å². The molecule has 0 aliphatic heterocycles. The molecule has 1 fully saturated rings. The van der Waals surface area contributed by atoms with E-state index >= 15 is 0 Å². The number of aryl methyl sites for hydroxylation is 1. The molecule has 0 radical (unpaired) electrons. The number of nitrogens with zero attached hydrogens (tertiary/aromatic N) is 3. The van der Waals surface area contributed by atoms with Gasteiger partial charge in [0.1, 0.15) is 0 Å². The zero-order chi connectivity index (χ0) is 14.3. The lowest BCUT2D eigenvalue weighted by atomic mass is 10.0. The van der Waals surface area contributed by atoms with Gasteiger partial charge in [-0.2, -0.15) is 0 Å². The van der Waals surface area contributed by atoms with Gasteiger partial charge in [0, 0.05) is 22.3 Å². The molecule has 1 aliphatic carbocycles. The first-order valence-electron chi connectivity index (χ1n) is 6.50. The molecule has 0 N–H and O–H groups in total. The smallest absolute Gasteiger partial charge is 0.294 e. The average molecular weight is 312 g/mol. The van der Waals surface area contributed by atoms with Crippen LogP contribution in [0.25, 0.3) is 11.4 Å². The maximum Gasteiger partial charge on any atom is 0.296 e. The summed E-state index contributed by atoms with van der Waals surface area (Å²) in [4.78, 5) is 0. The van der Waals surface area contributed by atoms with E-state index in [0.717, 1.165) is 30.4 Å². The Labute approximate surface area is 122 Å². The molecule has 2 aromatic rings. The van der Waals surface area contributed by atoms with Crippen LogP contribution in [0.3, 0.4) is 0 Å². The highest BCUT2D eigenvalue weighted by atomic mass is 35.7. The highest BCUT2D eigenvalue weighted by Gasteiger charge is 2.34. The maximum atomic E-state index is 11.6. The van der Waals surface area contributed by atoms with Crippen LogP contribution in [-0.2, 0) is 15.5 Å². The van der Waals surface area contributed by atoms with Crippen LogP contribution < -0.4 is 0 Å². The van der Waals surface area contributed by atoms with Crippen molar-refractivity contribution in [3.63, 3.8) is 0 Å². The molecular formula is C13H14ClN3O2S. The van der Waals surface area contributed by atoms with E-state index in [2.05, 4.69) is 17.1 Å². The molecule has 0 spiro atoms. The summed E-state index contributed by atoms with van der Waals surface area (Å²) in [6.07, 6.45) is 2.70. The molecule has 0 bridgehead atoms. The Morgan fingerprint density at radius 1 is 1.30 bits per heavy atom. The van der Waals surface area contributed by atoms with Crippen molar-refractivity contribution >= 4 is 19.7 Å². The van der Waals surface area contributed by atoms with Crippen molar-refractivity contribution in [2.75, 3.05) is 0 Å². The minimum absolute atomic E-state index is 0.133. The highest BCUT2D eigenvalue weighted by molar-refractivity contribution is 8.13. The summed E-state index contributed by atoms with van der Waals surface area (Å²) in [5.41, 5.74) is 2.03. The second-order valence-electron chi connectivity index (χ2n) is 4.86. The molecule has 0 unspecified atom stereocenters. The van der Waals surface area contributed by atoms with Crippen LogP contribution in [0.2, 0.25) is 0 Å². The molecule has 0 atom stereocenters. The van der Waals surface area contributed by atoms with Gasteiger partial charge in [0.05, 0.1) is 0 Å². The van der Waals surface area contributed by atoms with E-state index < -0.39 is 9.05 Å². The molecule has 1 aliphatic rings. The van der Waals surface area contributed by atoms with Gasteiger partial charge < -0.3 is 0 Å². The van der Waals surface area contributed by atoms with Crippen LogP contribution >= 0.6 is 10.7 Å². The first-order valence-corrected chi connectivity index (χ1v) is 8.81. The minimum Gasteiger partial charge on any atom is -0.294 e. The van der Waals surface area contributed by atoms with Crippen molar-refractivity contribution in [1.82, 2.24) is 14.8 Å². The molecule has 0 amide bonds. The lowest BCUT2D eigenvalue weighted by molar-refractivity contribution is 0.579. The summed E-state index contributed by atoms with van der Waals surface area (Å²) < 4.78 is 24.9. The molecule has 1 aromatic carbocycles. The maximum absolute atomic E-state index is 11.6. The summed E-state index contributed by atoms with van der Waals surface area (Å²) in [6.45, 7) is 2.05. The summed E-state index contributed by atoms with van der Waals surface area (Å²) in [5.74, 6) is 0.587. The van der Waals surface area contributed by atoms with Crippen LogP contribution in [0.5, 0.6) is 0 Å². The van der Waals surface area contributed by atoms with E-state index in [-0.39, 0.29) is 11.2 Å². The third-order valence-corrected chi connectivity index (χ3v) is 4.56. The molecule has 1 aromatic heterocycles. The quantitative estimate of drug-likeness (QED) is 0.814. The molecule has 1 heterocycles. The second-order valence-corrected chi connectivity index (χ2v) is 7.32. The monoisotopic (exact) mass is 311 g/mol. The predicted molar refractivity (Wildman–Crippen MR) is 76.1 cm³/mol. The molecule has 5 nitrogen and oxygen atoms in total. The van der Waals surface area contributed by atoms with E-state index in [1.54, 1.807) is 4.57 Å². The Hall–Kier alpha value is -1.40. The largest absolute Gasteiger partial charge is 0.296 e. The van der Waals surface area contributed by atoms with Gasteiger partial charge >= 0.3 is 0 Å². The lowest BCUT2D eigenvalue weighted by Gasteiger charge is -2.10. The van der Waals surface area contributed by atoms with Crippen molar-refractivity contribution in [1.29, 1.82) is 0 Å². The number of halogens is 1. The van der Waals surface area contributed by atoms with Crippen molar-refractivity contribution in [2.24, 2.45) is 0 Å². The SMILES string of the molecule is CCc1ccccc1-c1nnc(S(=O)(=O)Cl)n1C1CC1. The van der Waals surface area contributed by atoms with Gasteiger partial charge in [-0.25, -0.2) is 8.42 Å². The number of hydrogen-bond donors (Lipinski definition) is 0. The Balaban J connectivity index is 2.22. The Morgan fingerprint density at radius 2 is 2.00 bits per heavy atom. The fraction of sp³-hybridized carbons (Fsp3) is 0.385. The number of aromatic nitrogens is 3. The van der Waals surface area contributed by atoms with Gasteiger partial charge in [-0.1, -0.05) is 31.2 Å². The zero-order valence-corrected chi connectivity index (χ0v) is 12.5. The van der Waals surface area contributed by atoms with Crippen LogP contribution in [0.4, 0.5) is 0 Å². The molecule has 7 heteroatoms. The van der Waals surface area contributed by atoms with Crippen LogP contribution in [0.1, 0.15) is 31.4 Å². The van der Waals surface area contributed by atoms with Crippen molar-refractivity contribution in [3.05, 3.63) is 29.8 Å². The Bertz CT molecular complexity index is 751. The highest BCUT2D eigenvalue weighted by Crippen LogP contribution is 2.40. The second kappa shape index (κ2) is 4.86. The number of hydrogen-bond acceptors (Lipinski definition) is 4. The summed E-state index contributed by atoms with van der Waals surface area (Å²) in [5, 5.41) is 7.72. The normalized spacial score (nSPS) is 15.5. The fourth-order valence-electron chi connectivity index (χ4n) is 2.34. The predicted octanol–water partition coefficient (Wildman–Crippen LogP) is 2.77. The van der Waals surface area contributed by atoms with Crippen LogP contribution in [-0.4, -0.2) is 23.2 Å². The van der Waals surface area contributed by atoms with E-state index in [4.69, 9.17) is 10.7 Å². The lowest BCUT2D eigenvalue weighted by Crippen LogP contribution is -2.06. The molecule has 3 rings (SSSR count). The Kier molecular flexibility index (Phi) is 3.30. The van der Waals surface area contributed by atoms with E-state index in [0.29, 0.717) is 5.82 Å². The standard InChI is InChI=1S/C13H14ClN3O2S/c1-2-9-5-3-4-6-11(9)12-15-16-13(20(14,18)19)17(12)10-7-8-10/h3-6,10H,2,7-8H2,1H3. The van der Waals surface area contributed by atoms with Gasteiger partial charge in [0.25, 0.3) is 14.2 Å². The third kappa shape index (κ3) is 2.33. The first kappa shape index (κ1) is 13.6. The first-order chi connectivity index (χ1) is 9.52. The molecule has 0 saturated heterocycles. The average Bonchev–Trinajstić information content (AvgIpc) is 3.15. The zero-order valence-electron chi connectivity index (χ0n) is 11.0. The summed E-state index contributed by atoms with van der Waals surface area (Å²) in [7, 11) is 1.58. The van der Waals surface area contributed by atoms with Crippen molar-refractivity contribution in [2.45, 2.75) is 37.4 Å². The van der Waals surface area contributed by atoms with Crippen molar-refractivity contribution in [3.8, 4) is 11.4 Å². The van der Waals surface area contributed by atoms with Crippen molar-refractivity contribution < 1.29 is 8.42 Å². The van der Waals surface area contributed by atoms with E-state index in [1.165, 1.54) is 0 Å². The topological polar surface area (TPSA) is 64.8 Å². The Morgan fingerprint density at radius 3 is 2.60 bits per heavy atom. The molecular weight excluding hydrogens is 298 g/mol. The van der Waals surface area contributed by atoms with Gasteiger partial charge in [0.2, 0.25) is 0 Å². The van der Waals surface area contributed by atoms with Crippen LogP contribution in [0, 0.1) is 0 Å². The van der Waals surface area contributed by atoms with Gasteiger partial charge in [-0.3, -0.25) is 4.57 Å². The number of benzene rings is 1.